The molecule has 0 aliphatic rings. The lowest BCUT2D eigenvalue weighted by Gasteiger charge is -2.23. The zero-order valence-electron chi connectivity index (χ0n) is 7.51. The van der Waals surface area contributed by atoms with Crippen LogP contribution in [0.2, 0.25) is 5.15 Å². The molecule has 0 atom stereocenters. The number of aliphatic hydroxyl groups is 1. The number of pyridine rings is 1. The van der Waals surface area contributed by atoms with Crippen molar-refractivity contribution in [2.75, 3.05) is 6.61 Å². The van der Waals surface area contributed by atoms with Crippen LogP contribution in [0.4, 0.5) is 0 Å². The average Bonchev–Trinajstić information content (AvgIpc) is 2.09. The summed E-state index contributed by atoms with van der Waals surface area (Å²) in [5.41, 5.74) is 0.667. The van der Waals surface area contributed by atoms with Gasteiger partial charge in [0.1, 0.15) is 5.15 Å². The fraction of sp³-hybridized carbons (Fsp3) is 0.444. The largest absolute Gasteiger partial charge is 0.395 e. The molecule has 1 heterocycles. The molecule has 0 saturated heterocycles. The van der Waals surface area contributed by atoms with E-state index in [0.29, 0.717) is 5.15 Å². The monoisotopic (exact) mass is 263 g/mol. The Kier molecular flexibility index (Phi) is 3.33. The minimum Gasteiger partial charge on any atom is -0.395 e. The van der Waals surface area contributed by atoms with Gasteiger partial charge in [-0.15, -0.1) is 0 Å². The molecule has 13 heavy (non-hydrogen) atoms. The summed E-state index contributed by atoms with van der Waals surface area (Å²) in [4.78, 5) is 3.92. The number of aromatic nitrogens is 1. The Morgan fingerprint density at radius 3 is 2.77 bits per heavy atom. The summed E-state index contributed by atoms with van der Waals surface area (Å²) < 4.78 is 0.871. The zero-order valence-corrected chi connectivity index (χ0v) is 9.85. The molecule has 72 valence electrons. The van der Waals surface area contributed by atoms with Crippen molar-refractivity contribution in [3.05, 3.63) is 27.5 Å². The minimum absolute atomic E-state index is 0.0753. The first-order chi connectivity index (χ1) is 5.97. The predicted octanol–water partition coefficient (Wildman–Crippen LogP) is 2.77. The highest BCUT2D eigenvalue weighted by Gasteiger charge is 2.22. The van der Waals surface area contributed by atoms with Crippen molar-refractivity contribution >= 4 is 27.5 Å². The van der Waals surface area contributed by atoms with Crippen molar-refractivity contribution in [1.29, 1.82) is 0 Å². The van der Waals surface area contributed by atoms with E-state index in [2.05, 4.69) is 20.9 Å². The van der Waals surface area contributed by atoms with E-state index in [0.717, 1.165) is 10.0 Å². The van der Waals surface area contributed by atoms with Crippen LogP contribution in [0.15, 0.2) is 16.7 Å². The van der Waals surface area contributed by atoms with Gasteiger partial charge >= 0.3 is 0 Å². The van der Waals surface area contributed by atoms with Crippen LogP contribution < -0.4 is 0 Å². The Morgan fingerprint density at radius 1 is 1.62 bits per heavy atom. The Hall–Kier alpha value is -0.120. The number of hydrogen-bond donors (Lipinski definition) is 1. The van der Waals surface area contributed by atoms with Crippen LogP contribution in [0, 0.1) is 0 Å². The van der Waals surface area contributed by atoms with Crippen LogP contribution in [0.3, 0.4) is 0 Å². The van der Waals surface area contributed by atoms with Gasteiger partial charge in [0.05, 0.1) is 6.61 Å². The van der Waals surface area contributed by atoms with Gasteiger partial charge in [-0.25, -0.2) is 4.98 Å². The van der Waals surface area contributed by atoms with Gasteiger partial charge in [0.25, 0.3) is 0 Å². The summed E-state index contributed by atoms with van der Waals surface area (Å²) in [5, 5.41) is 9.62. The lowest BCUT2D eigenvalue weighted by atomic mass is 9.86. The molecule has 0 amide bonds. The highest BCUT2D eigenvalue weighted by molar-refractivity contribution is 9.10. The summed E-state index contributed by atoms with van der Waals surface area (Å²) in [6.45, 7) is 3.97. The molecule has 0 aliphatic carbocycles. The normalized spacial score (nSPS) is 11.8. The third-order valence-electron chi connectivity index (χ3n) is 1.95. The van der Waals surface area contributed by atoms with Crippen molar-refractivity contribution in [2.24, 2.45) is 0 Å². The van der Waals surface area contributed by atoms with E-state index >= 15 is 0 Å². The minimum atomic E-state index is -0.300. The van der Waals surface area contributed by atoms with Crippen molar-refractivity contribution in [2.45, 2.75) is 19.3 Å². The third-order valence-corrected chi connectivity index (χ3v) is 2.78. The SMILES string of the molecule is CC(C)(CO)c1cc(Cl)ncc1Br. The van der Waals surface area contributed by atoms with E-state index in [1.54, 1.807) is 12.3 Å². The van der Waals surface area contributed by atoms with E-state index < -0.39 is 0 Å². The smallest absolute Gasteiger partial charge is 0.129 e. The van der Waals surface area contributed by atoms with Gasteiger partial charge in [0.2, 0.25) is 0 Å². The molecule has 0 spiro atoms. The first-order valence-corrected chi connectivity index (χ1v) is 5.07. The Morgan fingerprint density at radius 2 is 2.23 bits per heavy atom. The molecular formula is C9H11BrClNO. The summed E-state index contributed by atoms with van der Waals surface area (Å²) in [6.07, 6.45) is 1.65. The Balaban J connectivity index is 3.20. The first-order valence-electron chi connectivity index (χ1n) is 3.90. The van der Waals surface area contributed by atoms with E-state index in [4.69, 9.17) is 11.6 Å². The lowest BCUT2D eigenvalue weighted by Crippen LogP contribution is -2.22. The molecule has 4 heteroatoms. The van der Waals surface area contributed by atoms with E-state index in [-0.39, 0.29) is 12.0 Å². The van der Waals surface area contributed by atoms with Gasteiger partial charge in [0.15, 0.2) is 0 Å². The van der Waals surface area contributed by atoms with Crippen LogP contribution in [-0.2, 0) is 5.41 Å². The van der Waals surface area contributed by atoms with Gasteiger partial charge in [-0.2, -0.15) is 0 Å². The van der Waals surface area contributed by atoms with Gasteiger partial charge < -0.3 is 5.11 Å². The molecule has 0 fully saturated rings. The maximum absolute atomic E-state index is 9.18. The van der Waals surface area contributed by atoms with Gasteiger partial charge in [0, 0.05) is 16.1 Å². The summed E-state index contributed by atoms with van der Waals surface area (Å²) >= 11 is 9.14. The molecule has 0 saturated carbocycles. The van der Waals surface area contributed by atoms with Crippen molar-refractivity contribution in [3.8, 4) is 0 Å². The zero-order chi connectivity index (χ0) is 10.1. The molecule has 1 rings (SSSR count). The predicted molar refractivity (Wildman–Crippen MR) is 57.1 cm³/mol. The van der Waals surface area contributed by atoms with Crippen LogP contribution in [0.5, 0.6) is 0 Å². The van der Waals surface area contributed by atoms with E-state index in [9.17, 15) is 5.11 Å². The van der Waals surface area contributed by atoms with Gasteiger partial charge in [-0.1, -0.05) is 25.4 Å². The number of halogens is 2. The summed E-state index contributed by atoms with van der Waals surface area (Å²) in [7, 11) is 0. The average molecular weight is 265 g/mol. The van der Waals surface area contributed by atoms with Crippen LogP contribution >= 0.6 is 27.5 Å². The standard InChI is InChI=1S/C9H11BrClNO/c1-9(2,5-13)6-3-8(11)12-4-7(6)10/h3-4,13H,5H2,1-2H3. The maximum atomic E-state index is 9.18. The molecule has 2 nitrogen and oxygen atoms in total. The third kappa shape index (κ3) is 2.42. The highest BCUT2D eigenvalue weighted by Crippen LogP contribution is 2.30. The van der Waals surface area contributed by atoms with Crippen molar-refractivity contribution < 1.29 is 5.11 Å². The molecule has 0 aliphatic heterocycles. The Bertz CT molecular complexity index is 314. The molecule has 1 aromatic heterocycles. The lowest BCUT2D eigenvalue weighted by molar-refractivity contribution is 0.218. The molecule has 0 unspecified atom stereocenters. The van der Waals surface area contributed by atoms with Crippen LogP contribution in [0.25, 0.3) is 0 Å². The summed E-state index contributed by atoms with van der Waals surface area (Å²) in [5.74, 6) is 0. The Labute approximate surface area is 91.1 Å². The topological polar surface area (TPSA) is 33.1 Å². The van der Waals surface area contributed by atoms with Crippen LogP contribution in [0.1, 0.15) is 19.4 Å². The second-order valence-corrected chi connectivity index (χ2v) is 4.77. The molecule has 1 N–H and O–H groups in total. The van der Waals surface area contributed by atoms with Crippen molar-refractivity contribution in [1.82, 2.24) is 4.98 Å². The summed E-state index contributed by atoms with van der Waals surface area (Å²) in [6, 6.07) is 1.77. The van der Waals surface area contributed by atoms with Gasteiger partial charge in [-0.05, 0) is 27.6 Å². The molecule has 0 bridgehead atoms. The second-order valence-electron chi connectivity index (χ2n) is 3.53. The van der Waals surface area contributed by atoms with Crippen LogP contribution in [-0.4, -0.2) is 16.7 Å². The number of rotatable bonds is 2. The highest BCUT2D eigenvalue weighted by atomic mass is 79.9. The maximum Gasteiger partial charge on any atom is 0.129 e. The van der Waals surface area contributed by atoms with E-state index in [1.807, 2.05) is 13.8 Å². The van der Waals surface area contributed by atoms with E-state index in [1.165, 1.54) is 0 Å². The molecular weight excluding hydrogens is 253 g/mol. The molecule has 1 aromatic rings. The number of nitrogens with zero attached hydrogens (tertiary/aromatic N) is 1. The fourth-order valence-corrected chi connectivity index (χ4v) is 1.93. The molecule has 0 aromatic carbocycles. The van der Waals surface area contributed by atoms with Gasteiger partial charge in [-0.3, -0.25) is 0 Å². The quantitative estimate of drug-likeness (QED) is 0.833. The molecule has 0 radical (unpaired) electrons. The number of hydrogen-bond acceptors (Lipinski definition) is 2. The number of aliphatic hydroxyl groups excluding tert-OH is 1. The first kappa shape index (κ1) is 11.0. The second kappa shape index (κ2) is 3.95. The fourth-order valence-electron chi connectivity index (χ4n) is 1.02. The van der Waals surface area contributed by atoms with Crippen molar-refractivity contribution in [3.63, 3.8) is 0 Å².